The molecule has 0 saturated carbocycles. The van der Waals surface area contributed by atoms with Crippen molar-refractivity contribution in [3.8, 4) is 28.7 Å². The number of methoxy groups -OCH3 is 1. The number of esters is 1. The smallest absolute Gasteiger partial charge is 0.337 e. The van der Waals surface area contributed by atoms with Crippen LogP contribution in [0.5, 0.6) is 28.7 Å². The summed E-state index contributed by atoms with van der Waals surface area (Å²) >= 11 is 4.29. The van der Waals surface area contributed by atoms with E-state index < -0.39 is 47.3 Å². The minimum atomic E-state index is -1.11. The van der Waals surface area contributed by atoms with E-state index in [1.807, 2.05) is 60.2 Å². The van der Waals surface area contributed by atoms with Gasteiger partial charge in [-0.05, 0) is 296 Å². The van der Waals surface area contributed by atoms with Crippen molar-refractivity contribution >= 4 is 75.0 Å². The van der Waals surface area contributed by atoms with E-state index >= 15 is 0 Å². The Kier molecular flexibility index (Phi) is 35.1. The first-order valence-corrected chi connectivity index (χ1v) is 37.3. The number of aromatic amines is 4. The summed E-state index contributed by atoms with van der Waals surface area (Å²) in [4.78, 5) is 55.1. The highest BCUT2D eigenvalue weighted by molar-refractivity contribution is 14.1. The van der Waals surface area contributed by atoms with Gasteiger partial charge in [-0.2, -0.15) is 25.5 Å². The van der Waals surface area contributed by atoms with E-state index in [0.29, 0.717) is 57.4 Å². The number of benzene rings is 5. The van der Waals surface area contributed by atoms with E-state index in [0.717, 1.165) is 146 Å². The molecule has 0 bridgehead atoms. The Labute approximate surface area is 657 Å². The van der Waals surface area contributed by atoms with Crippen molar-refractivity contribution in [1.82, 2.24) is 50.6 Å². The van der Waals surface area contributed by atoms with E-state index in [-0.39, 0.29) is 45.1 Å². The first-order chi connectivity index (χ1) is 52.0. The van der Waals surface area contributed by atoms with Gasteiger partial charge in [0, 0.05) is 35.5 Å². The number of aromatic carboxylic acids is 4. The molecule has 10 rings (SSSR count). The monoisotopic (exact) mass is 1730 g/mol. The van der Waals surface area contributed by atoms with Gasteiger partial charge < -0.3 is 48.8 Å². The Balaban J connectivity index is 0.000000213. The number of ether oxygens (including phenoxy) is 6. The molecule has 0 radical (unpaired) electrons. The van der Waals surface area contributed by atoms with Crippen LogP contribution in [0.3, 0.4) is 0 Å². The van der Waals surface area contributed by atoms with Gasteiger partial charge in [0.15, 0.2) is 34.7 Å². The molecule has 0 unspecified atom stereocenters. The number of carbonyl (C=O) groups is 5. The maximum Gasteiger partial charge on any atom is 0.337 e. The molecule has 0 aliphatic heterocycles. The summed E-state index contributed by atoms with van der Waals surface area (Å²) in [6.07, 6.45) is 9.75. The third-order valence-electron chi connectivity index (χ3n) is 17.4. The number of aryl methyl sites for hydroxylation is 10. The third kappa shape index (κ3) is 26.5. The van der Waals surface area contributed by atoms with Crippen molar-refractivity contribution in [3.63, 3.8) is 0 Å². The molecule has 0 amide bonds. The standard InChI is InChI=1S/C17H21FN2O3.C16H19FN2O3.C16H19IN2O3.C15H17FN2O3.C15H17IN2O3/c1-3-14-12(15(4-2)20-19-14)6-5-9-23-16-10-11(17(21)22)7-8-13(16)18;1-10-13(11(2)19-18-10)5-4-8-22-15-9-12(16(20)21-3)6-7-14(15)17;1-10-13(11(2)19(3)18-10)5-4-8-22-15-9-12(16(20)21)6-7-14(15)17;2*1-9-12(10(2)18-17-9)4-3-7-21-14-8-11(15(19)20)5-6-13(14)16/h7-8,10H,3-6,9H2,1-2H3,(H,19,20)(H,21,22);6-7,9H,4-5,8H2,1-3H3,(H,18,19);6-7,9H,4-5,8H2,1-3H3,(H,20,21);2*5-6,8H,3-4,7H2,1-2H3,(H,17,18)(H,19,20). The summed E-state index contributed by atoms with van der Waals surface area (Å²) in [5.41, 5.74) is 17.3. The molecule has 0 fully saturated rings. The average molecular weight is 1730 g/mol. The molecule has 0 atom stereocenters. The molecule has 0 aliphatic rings. The van der Waals surface area contributed by atoms with Crippen LogP contribution in [0.25, 0.3) is 0 Å². The second-order valence-electron chi connectivity index (χ2n) is 25.0. The van der Waals surface area contributed by atoms with E-state index in [1.54, 1.807) is 36.4 Å². The SMILES string of the molecule is CCc1n[nH]c(CC)c1CCCOc1cc(C(=O)O)ccc1F.COC(=O)c1ccc(F)c(OCCCc2c(C)n[nH]c2C)c1.Cc1n[nH]c(C)c1CCCOc1cc(C(=O)O)ccc1F.Cc1n[nH]c(C)c1CCCOc1cc(C(=O)O)ccc1I.Cc1nn(C)c(C)c1CCCOc1cc(C(=O)O)ccc1I. The number of carboxylic acid groups (broad SMARTS) is 4. The lowest BCUT2D eigenvalue weighted by Crippen LogP contribution is -2.05. The molecule has 8 N–H and O–H groups in total. The molecule has 30 heteroatoms. The fourth-order valence-corrected chi connectivity index (χ4v) is 12.3. The van der Waals surface area contributed by atoms with Gasteiger partial charge in [-0.15, -0.1) is 0 Å². The van der Waals surface area contributed by atoms with E-state index in [4.69, 9.17) is 44.1 Å². The van der Waals surface area contributed by atoms with Crippen molar-refractivity contribution in [2.45, 2.75) is 146 Å². The van der Waals surface area contributed by atoms with Crippen molar-refractivity contribution in [2.75, 3.05) is 40.1 Å². The first-order valence-electron chi connectivity index (χ1n) is 35.1. The normalized spacial score (nSPS) is 10.7. The van der Waals surface area contributed by atoms with Crippen LogP contribution in [0, 0.1) is 80.0 Å². The number of nitrogens with one attached hydrogen (secondary N) is 4. The van der Waals surface area contributed by atoms with Gasteiger partial charge in [-0.25, -0.2) is 37.1 Å². The lowest BCUT2D eigenvalue weighted by atomic mass is 10.0. The molecular weight excluding hydrogens is 1640 g/mol. The van der Waals surface area contributed by atoms with Gasteiger partial charge in [0.2, 0.25) is 0 Å². The molecule has 10 aromatic rings. The van der Waals surface area contributed by atoms with Gasteiger partial charge in [0.1, 0.15) is 11.5 Å². The lowest BCUT2D eigenvalue weighted by Gasteiger charge is -2.09. The molecule has 5 heterocycles. The average Bonchev–Trinajstić information content (AvgIpc) is 1.52. The second kappa shape index (κ2) is 43.7. The van der Waals surface area contributed by atoms with Crippen LogP contribution in [-0.4, -0.2) is 141 Å². The highest BCUT2D eigenvalue weighted by Gasteiger charge is 2.18. The van der Waals surface area contributed by atoms with Crippen molar-refractivity contribution in [3.05, 3.63) is 228 Å². The minimum absolute atomic E-state index is 0.00734. The van der Waals surface area contributed by atoms with Gasteiger partial charge >= 0.3 is 29.8 Å². The Morgan fingerprint density at radius 3 is 1.03 bits per heavy atom. The molecule has 109 heavy (non-hydrogen) atoms. The summed E-state index contributed by atoms with van der Waals surface area (Å²) in [7, 11) is 3.23. The zero-order valence-corrected chi connectivity index (χ0v) is 67.3. The van der Waals surface area contributed by atoms with Gasteiger partial charge in [-0.1, -0.05) is 13.8 Å². The maximum atomic E-state index is 13.7. The number of halogens is 5. The van der Waals surface area contributed by atoms with Gasteiger partial charge in [0.25, 0.3) is 0 Å². The number of carbonyl (C=O) groups excluding carboxylic acids is 1. The highest BCUT2D eigenvalue weighted by atomic mass is 127. The summed E-state index contributed by atoms with van der Waals surface area (Å²) in [6, 6.07) is 20.8. The highest BCUT2D eigenvalue weighted by Crippen LogP contribution is 2.28. The van der Waals surface area contributed by atoms with Gasteiger partial charge in [0.05, 0.1) is 104 Å². The number of carboxylic acids is 4. The van der Waals surface area contributed by atoms with Crippen LogP contribution in [0.2, 0.25) is 0 Å². The second-order valence-corrected chi connectivity index (χ2v) is 27.4. The molecule has 0 saturated heterocycles. The topological polar surface area (TPSA) is 354 Å². The minimum Gasteiger partial charge on any atom is -0.492 e. The zero-order valence-electron chi connectivity index (χ0n) is 63.0. The number of hydrogen-bond acceptors (Lipinski definition) is 16. The lowest BCUT2D eigenvalue weighted by molar-refractivity contribution is 0.0597. The Hall–Kier alpha value is -10.3. The molecular formula is C79H93F3I2N10O15. The van der Waals surface area contributed by atoms with Crippen molar-refractivity contribution in [2.24, 2.45) is 7.05 Å². The largest absolute Gasteiger partial charge is 0.492 e. The van der Waals surface area contributed by atoms with Crippen LogP contribution in [-0.2, 0) is 56.7 Å². The van der Waals surface area contributed by atoms with E-state index in [1.165, 1.54) is 72.0 Å². The van der Waals surface area contributed by atoms with Crippen molar-refractivity contribution < 1.29 is 86.0 Å². The predicted molar refractivity (Wildman–Crippen MR) is 420 cm³/mol. The summed E-state index contributed by atoms with van der Waals surface area (Å²) in [6.45, 7) is 22.1. The number of aromatic nitrogens is 10. The number of hydrogen-bond donors (Lipinski definition) is 8. The van der Waals surface area contributed by atoms with Crippen molar-refractivity contribution in [1.29, 1.82) is 0 Å². The van der Waals surface area contributed by atoms with Crippen LogP contribution < -0.4 is 23.7 Å². The third-order valence-corrected chi connectivity index (χ3v) is 19.2. The van der Waals surface area contributed by atoms with E-state index in [9.17, 15) is 37.1 Å². The van der Waals surface area contributed by atoms with Gasteiger partial charge in [-0.3, -0.25) is 25.1 Å². The quantitative estimate of drug-likeness (QED) is 0.0110. The van der Waals surface area contributed by atoms with Crippen LogP contribution >= 0.6 is 45.2 Å². The summed E-state index contributed by atoms with van der Waals surface area (Å²) in [5.74, 6) is -4.98. The number of nitrogens with zero attached hydrogens (tertiary/aromatic N) is 6. The maximum absolute atomic E-state index is 13.7. The first kappa shape index (κ1) is 87.7. The molecule has 0 aliphatic carbocycles. The summed E-state index contributed by atoms with van der Waals surface area (Å²) in [5, 5.41) is 68.8. The Morgan fingerprint density at radius 1 is 0.413 bits per heavy atom. The fraction of sp³-hybridized carbons (Fsp3) is 0.367. The Bertz CT molecular complexity index is 4510. The predicted octanol–water partition coefficient (Wildman–Crippen LogP) is 15.9. The molecule has 5 aromatic carbocycles. The van der Waals surface area contributed by atoms with Crippen LogP contribution in [0.4, 0.5) is 13.2 Å². The fourth-order valence-electron chi connectivity index (χ4n) is 11.3. The van der Waals surface area contributed by atoms with E-state index in [2.05, 4.69) is 117 Å². The zero-order chi connectivity index (χ0) is 80.0. The number of rotatable bonds is 32. The van der Waals surface area contributed by atoms with Crippen LogP contribution in [0.1, 0.15) is 182 Å². The Morgan fingerprint density at radius 2 is 0.725 bits per heavy atom. The number of H-pyrrole nitrogens is 4. The molecule has 25 nitrogen and oxygen atoms in total. The van der Waals surface area contributed by atoms with Crippen LogP contribution in [0.15, 0.2) is 91.0 Å². The molecule has 5 aromatic heterocycles. The molecule has 0 spiro atoms. The summed E-state index contributed by atoms with van der Waals surface area (Å²) < 4.78 is 76.8. The molecule has 584 valence electrons.